The van der Waals surface area contributed by atoms with Gasteiger partial charge in [0.15, 0.2) is 17.5 Å². The number of aromatic hydroxyl groups is 4. The summed E-state index contributed by atoms with van der Waals surface area (Å²) < 4.78 is 7.76. The van der Waals surface area contributed by atoms with Crippen LogP contribution in [0, 0.1) is 0 Å². The molecule has 0 unspecified atom stereocenters. The lowest BCUT2D eigenvalue weighted by molar-refractivity contribution is 0.103. The minimum absolute atomic E-state index is 0.119. The van der Waals surface area contributed by atoms with Gasteiger partial charge in [0.25, 0.3) is 0 Å². The van der Waals surface area contributed by atoms with E-state index in [9.17, 15) is 30.0 Å². The van der Waals surface area contributed by atoms with E-state index in [2.05, 4.69) is 0 Å². The summed E-state index contributed by atoms with van der Waals surface area (Å²) in [4.78, 5) is 26.8. The number of nitrogens with zero attached hydrogens (tertiary/aromatic N) is 2. The molecule has 43 heavy (non-hydrogen) atoms. The molecular formula is C32H22N2O7S2. The number of fused-ring (bicyclic) bond motifs is 2. The smallest absolute Gasteiger partial charge is 0.360 e. The van der Waals surface area contributed by atoms with Gasteiger partial charge in [0.05, 0.1) is 15.5 Å². The van der Waals surface area contributed by atoms with Crippen LogP contribution in [0.15, 0.2) is 104 Å². The van der Waals surface area contributed by atoms with Crippen LogP contribution >= 0.6 is 23.5 Å². The van der Waals surface area contributed by atoms with Crippen LogP contribution in [0.3, 0.4) is 0 Å². The Morgan fingerprint density at radius 1 is 0.628 bits per heavy atom. The Morgan fingerprint density at radius 2 is 1.16 bits per heavy atom. The van der Waals surface area contributed by atoms with Crippen LogP contribution in [0.4, 0.5) is 0 Å². The highest BCUT2D eigenvalue weighted by Gasteiger charge is 2.21. The van der Waals surface area contributed by atoms with Gasteiger partial charge >= 0.3 is 5.63 Å². The van der Waals surface area contributed by atoms with Crippen LogP contribution in [0.2, 0.25) is 0 Å². The molecule has 3 aliphatic rings. The van der Waals surface area contributed by atoms with Crippen LogP contribution < -0.4 is 5.63 Å². The lowest BCUT2D eigenvalue weighted by Gasteiger charge is -2.10. The predicted molar refractivity (Wildman–Crippen MR) is 163 cm³/mol. The van der Waals surface area contributed by atoms with Gasteiger partial charge in [-0.15, -0.1) is 23.5 Å². The molecule has 0 fully saturated rings. The molecule has 3 aromatic heterocycles. The summed E-state index contributed by atoms with van der Waals surface area (Å²) in [5.41, 5.74) is 2.64. The Kier molecular flexibility index (Phi) is 6.48. The molecule has 0 radical (unpaired) electrons. The summed E-state index contributed by atoms with van der Waals surface area (Å²) in [6.45, 7) is 0. The van der Waals surface area contributed by atoms with E-state index in [1.807, 2.05) is 24.3 Å². The Morgan fingerprint density at radius 3 is 1.74 bits per heavy atom. The molecule has 3 aromatic carbocycles. The van der Waals surface area contributed by atoms with Gasteiger partial charge in [-0.25, -0.2) is 9.36 Å². The quantitative estimate of drug-likeness (QED) is 0.145. The van der Waals surface area contributed by atoms with Crippen LogP contribution in [0.1, 0.15) is 27.0 Å². The lowest BCUT2D eigenvalue weighted by atomic mass is 10.0. The second-order valence-corrected chi connectivity index (χ2v) is 12.0. The summed E-state index contributed by atoms with van der Waals surface area (Å²) in [7, 11) is 0. The number of carbonyl (C=O) groups excluding carboxylic acids is 1. The molecule has 0 saturated carbocycles. The first-order chi connectivity index (χ1) is 20.8. The zero-order valence-corrected chi connectivity index (χ0v) is 23.9. The van der Waals surface area contributed by atoms with Crippen molar-refractivity contribution in [2.45, 2.75) is 21.3 Å². The molecule has 9 rings (SSSR count). The highest BCUT2D eigenvalue weighted by atomic mass is 32.2. The van der Waals surface area contributed by atoms with Crippen molar-refractivity contribution in [2.75, 3.05) is 0 Å². The molecule has 9 nitrogen and oxygen atoms in total. The summed E-state index contributed by atoms with van der Waals surface area (Å²) in [6, 6.07) is 23.4. The van der Waals surface area contributed by atoms with Crippen molar-refractivity contribution in [3.8, 4) is 34.9 Å². The van der Waals surface area contributed by atoms with Gasteiger partial charge < -0.3 is 24.8 Å². The molecule has 3 aliphatic heterocycles. The average Bonchev–Trinajstić information content (AvgIpc) is 3.46. The van der Waals surface area contributed by atoms with E-state index in [0.717, 1.165) is 15.7 Å². The van der Waals surface area contributed by atoms with E-state index in [-0.39, 0.29) is 40.6 Å². The SMILES string of the molecule is O=C1c2ccc(cc2)CSc2cc(O)n(c2O)-c2ccc3oc(=O)c(cc3c2)-n2c(O)cc(c2O)SCc2ccc1cc2. The standard InChI is InChI=1S/C32H22N2O7S2/c35-27-13-25-30(38)33(27)22-9-10-24-21(11-22)12-23(32(40)41-24)34-28(36)14-26(31(34)39)43-16-18-3-7-20(8-4-18)29(37)19-5-1-17(2-6-19)15-42-25/h1-14,35-36,38-39H,15-16H2. The Labute approximate surface area is 252 Å². The van der Waals surface area contributed by atoms with Gasteiger partial charge in [0.2, 0.25) is 11.8 Å². The average molecular weight is 611 g/mol. The van der Waals surface area contributed by atoms with E-state index in [1.54, 1.807) is 36.4 Å². The molecule has 11 heteroatoms. The zero-order valence-electron chi connectivity index (χ0n) is 22.2. The number of hydrogen-bond donors (Lipinski definition) is 4. The highest BCUT2D eigenvalue weighted by molar-refractivity contribution is 7.98. The molecular weight excluding hydrogens is 588 g/mol. The van der Waals surface area contributed by atoms with Gasteiger partial charge in [-0.1, -0.05) is 48.5 Å². The number of ketones is 1. The van der Waals surface area contributed by atoms with Crippen molar-refractivity contribution in [1.82, 2.24) is 9.13 Å². The first kappa shape index (κ1) is 26.9. The number of carbonyl (C=O) groups is 1. The van der Waals surface area contributed by atoms with Crippen LogP contribution in [-0.4, -0.2) is 35.3 Å². The van der Waals surface area contributed by atoms with Crippen LogP contribution in [0.5, 0.6) is 23.5 Å². The van der Waals surface area contributed by atoms with Gasteiger partial charge in [-0.3, -0.25) is 9.36 Å². The molecule has 0 aliphatic carbocycles. The maximum Gasteiger partial charge on any atom is 0.360 e. The molecule has 4 N–H and O–H groups in total. The lowest BCUT2D eigenvalue weighted by Crippen LogP contribution is -2.09. The maximum absolute atomic E-state index is 13.1. The third kappa shape index (κ3) is 4.72. The number of hydrogen-bond acceptors (Lipinski definition) is 9. The van der Waals surface area contributed by atoms with Gasteiger partial charge in [-0.05, 0) is 35.4 Å². The molecule has 0 atom stereocenters. The molecule has 214 valence electrons. The summed E-state index contributed by atoms with van der Waals surface area (Å²) in [5.74, 6) is -0.275. The first-order valence-electron chi connectivity index (χ1n) is 13.1. The minimum Gasteiger partial charge on any atom is -0.494 e. The van der Waals surface area contributed by atoms with Crippen molar-refractivity contribution in [2.24, 2.45) is 0 Å². The van der Waals surface area contributed by atoms with E-state index in [4.69, 9.17) is 4.42 Å². The summed E-state index contributed by atoms with van der Waals surface area (Å²) >= 11 is 2.58. The van der Waals surface area contributed by atoms with E-state index < -0.39 is 5.63 Å². The fraction of sp³-hybridized carbons (Fsp3) is 0.0625. The summed E-state index contributed by atoms with van der Waals surface area (Å²) in [6.07, 6.45) is 0. The predicted octanol–water partition coefficient (Wildman–Crippen LogP) is 6.33. The molecule has 6 aromatic rings. The fourth-order valence-electron chi connectivity index (χ4n) is 5.02. The van der Waals surface area contributed by atoms with Crippen molar-refractivity contribution in [3.63, 3.8) is 0 Å². The highest BCUT2D eigenvalue weighted by Crippen LogP contribution is 2.41. The third-order valence-electron chi connectivity index (χ3n) is 7.26. The normalized spacial score (nSPS) is 13.3. The maximum atomic E-state index is 13.1. The number of thioether (sulfide) groups is 2. The van der Waals surface area contributed by atoms with E-state index in [1.165, 1.54) is 52.4 Å². The molecule has 0 saturated heterocycles. The molecule has 0 spiro atoms. The molecule has 0 amide bonds. The van der Waals surface area contributed by atoms with Gasteiger partial charge in [-0.2, -0.15) is 0 Å². The largest absolute Gasteiger partial charge is 0.494 e. The Balaban J connectivity index is 1.37. The minimum atomic E-state index is -0.780. The topological polar surface area (TPSA) is 138 Å². The Hall–Kier alpha value is -5.00. The molecule has 11 bridgehead atoms. The van der Waals surface area contributed by atoms with E-state index >= 15 is 0 Å². The third-order valence-corrected chi connectivity index (χ3v) is 9.44. The monoisotopic (exact) mass is 610 g/mol. The van der Waals surface area contributed by atoms with Gasteiger partial charge in [0.1, 0.15) is 11.3 Å². The number of benzene rings is 3. The van der Waals surface area contributed by atoms with Crippen molar-refractivity contribution in [3.05, 3.63) is 118 Å². The van der Waals surface area contributed by atoms with Crippen LogP contribution in [0.25, 0.3) is 22.3 Å². The second-order valence-electron chi connectivity index (χ2n) is 9.99. The van der Waals surface area contributed by atoms with E-state index in [0.29, 0.717) is 43.5 Å². The van der Waals surface area contributed by atoms with Crippen molar-refractivity contribution < 1.29 is 29.6 Å². The van der Waals surface area contributed by atoms with Crippen molar-refractivity contribution >= 4 is 40.3 Å². The zero-order chi connectivity index (χ0) is 29.8. The number of aromatic nitrogens is 2. The second kappa shape index (κ2) is 10.4. The Bertz CT molecular complexity index is 2110. The van der Waals surface area contributed by atoms with Crippen molar-refractivity contribution in [1.29, 1.82) is 0 Å². The first-order valence-corrected chi connectivity index (χ1v) is 15.1. The van der Waals surface area contributed by atoms with Gasteiger partial charge in [0, 0.05) is 40.2 Å². The fourth-order valence-corrected chi connectivity index (χ4v) is 6.87. The van der Waals surface area contributed by atoms with Crippen LogP contribution in [-0.2, 0) is 11.5 Å². The number of rotatable bonds is 0. The molecule has 6 heterocycles. The summed E-state index contributed by atoms with van der Waals surface area (Å²) in [5, 5.41) is 43.9.